The number of aryl methyl sites for hydroxylation is 2. The Kier molecular flexibility index (Phi) is 3.91. The lowest BCUT2D eigenvalue weighted by Crippen LogP contribution is -2.31. The fourth-order valence-electron chi connectivity index (χ4n) is 1.98. The van der Waals surface area contributed by atoms with Crippen molar-refractivity contribution >= 4 is 5.91 Å². The summed E-state index contributed by atoms with van der Waals surface area (Å²) >= 11 is 0. The smallest absolute Gasteiger partial charge is 0.238 e. The number of carbonyl (C=O) groups is 1. The Hall–Kier alpha value is -2.21. The van der Waals surface area contributed by atoms with E-state index in [1.165, 1.54) is 0 Å². The third-order valence-electron chi connectivity index (χ3n) is 2.91. The number of carbonyl (C=O) groups excluding carboxylic acids is 1. The summed E-state index contributed by atoms with van der Waals surface area (Å²) in [5.41, 5.74) is 4.13. The van der Waals surface area contributed by atoms with Crippen molar-refractivity contribution in [2.24, 2.45) is 5.84 Å². The maximum atomic E-state index is 11.4. The van der Waals surface area contributed by atoms with Gasteiger partial charge in [0.15, 0.2) is 0 Å². The molecule has 1 heterocycles. The van der Waals surface area contributed by atoms with Gasteiger partial charge in [0, 0.05) is 0 Å². The molecular weight excluding hydrogens is 242 g/mol. The molecule has 1 aromatic heterocycles. The zero-order valence-electron chi connectivity index (χ0n) is 11.1. The van der Waals surface area contributed by atoms with Crippen LogP contribution in [0, 0.1) is 13.8 Å². The number of hydrazine groups is 1. The summed E-state index contributed by atoms with van der Waals surface area (Å²) in [4.78, 5) is 15.7. The van der Waals surface area contributed by atoms with Crippen LogP contribution in [-0.4, -0.2) is 20.7 Å². The van der Waals surface area contributed by atoms with Crippen molar-refractivity contribution in [1.82, 2.24) is 20.2 Å². The van der Waals surface area contributed by atoms with Crippen molar-refractivity contribution in [3.8, 4) is 0 Å². The zero-order chi connectivity index (χ0) is 13.8. The summed E-state index contributed by atoms with van der Waals surface area (Å²) in [6.07, 6.45) is 0.263. The summed E-state index contributed by atoms with van der Waals surface area (Å²) in [6.45, 7) is 4.37. The second-order valence-electron chi connectivity index (χ2n) is 4.38. The molecule has 0 bridgehead atoms. The Balaban J connectivity index is 2.25. The summed E-state index contributed by atoms with van der Waals surface area (Å²) in [7, 11) is 0. The van der Waals surface area contributed by atoms with Gasteiger partial charge in [0.2, 0.25) is 5.91 Å². The van der Waals surface area contributed by atoms with Crippen LogP contribution in [0.4, 0.5) is 0 Å². The molecule has 0 radical (unpaired) electrons. The Morgan fingerprint density at radius 2 is 2.00 bits per heavy atom. The van der Waals surface area contributed by atoms with Crippen molar-refractivity contribution < 1.29 is 4.79 Å². The molecule has 2 rings (SSSR count). The van der Waals surface area contributed by atoms with Crippen molar-refractivity contribution in [1.29, 1.82) is 0 Å². The van der Waals surface area contributed by atoms with Gasteiger partial charge in [-0.1, -0.05) is 24.3 Å². The predicted molar refractivity (Wildman–Crippen MR) is 71.1 cm³/mol. The Labute approximate surface area is 111 Å². The van der Waals surface area contributed by atoms with Gasteiger partial charge in [-0.2, -0.15) is 5.10 Å². The minimum Gasteiger partial charge on any atom is -0.294 e. The molecule has 0 saturated heterocycles. The normalized spacial score (nSPS) is 10.5. The lowest BCUT2D eigenvalue weighted by Gasteiger charge is -2.09. The Morgan fingerprint density at radius 3 is 2.58 bits per heavy atom. The molecule has 0 spiro atoms. The number of hydrogen-bond acceptors (Lipinski definition) is 4. The molecule has 2 aromatic rings. The molecule has 19 heavy (non-hydrogen) atoms. The standard InChI is InChI=1S/C13H17N5O/c1-9-15-10(2)18(17-9)8-12-6-4-3-5-11(12)7-13(19)16-14/h3-6H,7-8,14H2,1-2H3,(H,16,19). The van der Waals surface area contributed by atoms with Crippen LogP contribution in [0.3, 0.4) is 0 Å². The van der Waals surface area contributed by atoms with E-state index in [0.29, 0.717) is 6.54 Å². The van der Waals surface area contributed by atoms with Crippen molar-refractivity contribution in [2.75, 3.05) is 0 Å². The zero-order valence-corrected chi connectivity index (χ0v) is 11.1. The average molecular weight is 259 g/mol. The molecule has 0 aliphatic heterocycles. The molecule has 6 nitrogen and oxygen atoms in total. The second-order valence-corrected chi connectivity index (χ2v) is 4.38. The van der Waals surface area contributed by atoms with E-state index in [0.717, 1.165) is 22.8 Å². The first-order chi connectivity index (χ1) is 9.10. The fourth-order valence-corrected chi connectivity index (χ4v) is 1.98. The topological polar surface area (TPSA) is 85.8 Å². The van der Waals surface area contributed by atoms with Crippen LogP contribution >= 0.6 is 0 Å². The first kappa shape index (κ1) is 13.2. The molecular formula is C13H17N5O. The summed E-state index contributed by atoms with van der Waals surface area (Å²) in [5, 5.41) is 4.33. The summed E-state index contributed by atoms with van der Waals surface area (Å²) < 4.78 is 1.83. The van der Waals surface area contributed by atoms with Gasteiger partial charge >= 0.3 is 0 Å². The second kappa shape index (κ2) is 5.62. The van der Waals surface area contributed by atoms with Crippen LogP contribution < -0.4 is 11.3 Å². The van der Waals surface area contributed by atoms with E-state index in [2.05, 4.69) is 15.5 Å². The largest absolute Gasteiger partial charge is 0.294 e. The number of nitrogens with two attached hydrogens (primary N) is 1. The van der Waals surface area contributed by atoms with Gasteiger partial charge < -0.3 is 0 Å². The van der Waals surface area contributed by atoms with E-state index in [1.807, 2.05) is 42.8 Å². The molecule has 6 heteroatoms. The quantitative estimate of drug-likeness (QED) is 0.475. The lowest BCUT2D eigenvalue weighted by molar-refractivity contribution is -0.120. The first-order valence-electron chi connectivity index (χ1n) is 6.04. The molecule has 100 valence electrons. The first-order valence-corrected chi connectivity index (χ1v) is 6.04. The summed E-state index contributed by atoms with van der Waals surface area (Å²) in [5.74, 6) is 6.52. The third kappa shape index (κ3) is 3.17. The van der Waals surface area contributed by atoms with Gasteiger partial charge in [-0.05, 0) is 25.0 Å². The Morgan fingerprint density at radius 1 is 1.32 bits per heavy atom. The van der Waals surface area contributed by atoms with Crippen molar-refractivity contribution in [2.45, 2.75) is 26.8 Å². The number of nitrogens with zero attached hydrogens (tertiary/aromatic N) is 3. The number of rotatable bonds is 4. The van der Waals surface area contributed by atoms with Gasteiger partial charge in [-0.25, -0.2) is 15.5 Å². The highest BCUT2D eigenvalue weighted by Gasteiger charge is 2.09. The van der Waals surface area contributed by atoms with Gasteiger partial charge in [0.1, 0.15) is 11.6 Å². The third-order valence-corrected chi connectivity index (χ3v) is 2.91. The van der Waals surface area contributed by atoms with E-state index in [-0.39, 0.29) is 12.3 Å². The Bertz CT molecular complexity index is 590. The monoisotopic (exact) mass is 259 g/mol. The van der Waals surface area contributed by atoms with Gasteiger partial charge in [0.05, 0.1) is 13.0 Å². The molecule has 0 fully saturated rings. The molecule has 1 aromatic carbocycles. The number of hydrogen-bond donors (Lipinski definition) is 2. The highest BCUT2D eigenvalue weighted by molar-refractivity contribution is 5.78. The molecule has 0 aliphatic rings. The van der Waals surface area contributed by atoms with Crippen molar-refractivity contribution in [3.63, 3.8) is 0 Å². The van der Waals surface area contributed by atoms with E-state index in [4.69, 9.17) is 5.84 Å². The van der Waals surface area contributed by atoms with E-state index in [1.54, 1.807) is 0 Å². The summed E-state index contributed by atoms with van der Waals surface area (Å²) in [6, 6.07) is 7.75. The van der Waals surface area contributed by atoms with E-state index in [9.17, 15) is 4.79 Å². The van der Waals surface area contributed by atoms with Crippen LogP contribution in [-0.2, 0) is 17.8 Å². The molecule has 0 atom stereocenters. The van der Waals surface area contributed by atoms with Gasteiger partial charge in [-0.3, -0.25) is 10.2 Å². The SMILES string of the molecule is Cc1nc(C)n(Cc2ccccc2CC(=O)NN)n1. The highest BCUT2D eigenvalue weighted by Crippen LogP contribution is 2.12. The predicted octanol–water partition coefficient (Wildman–Crippen LogP) is 0.476. The number of aromatic nitrogens is 3. The molecule has 0 unspecified atom stereocenters. The van der Waals surface area contributed by atoms with Crippen LogP contribution in [0.1, 0.15) is 22.8 Å². The maximum absolute atomic E-state index is 11.4. The lowest BCUT2D eigenvalue weighted by atomic mass is 10.0. The number of nitrogens with one attached hydrogen (secondary N) is 1. The molecule has 3 N–H and O–H groups in total. The van der Waals surface area contributed by atoms with Crippen molar-refractivity contribution in [3.05, 3.63) is 47.0 Å². The van der Waals surface area contributed by atoms with Crippen LogP contribution in [0.5, 0.6) is 0 Å². The highest BCUT2D eigenvalue weighted by atomic mass is 16.2. The maximum Gasteiger partial charge on any atom is 0.238 e. The average Bonchev–Trinajstić information content (AvgIpc) is 2.70. The molecule has 0 saturated carbocycles. The van der Waals surface area contributed by atoms with Gasteiger partial charge in [-0.15, -0.1) is 0 Å². The number of benzene rings is 1. The van der Waals surface area contributed by atoms with Crippen LogP contribution in [0.2, 0.25) is 0 Å². The van der Waals surface area contributed by atoms with E-state index < -0.39 is 0 Å². The van der Waals surface area contributed by atoms with E-state index >= 15 is 0 Å². The number of amides is 1. The minimum atomic E-state index is -0.209. The molecule has 1 amide bonds. The molecule has 0 aliphatic carbocycles. The van der Waals surface area contributed by atoms with Crippen LogP contribution in [0.25, 0.3) is 0 Å². The van der Waals surface area contributed by atoms with Crippen LogP contribution in [0.15, 0.2) is 24.3 Å². The fraction of sp³-hybridized carbons (Fsp3) is 0.308. The minimum absolute atomic E-state index is 0.209. The van der Waals surface area contributed by atoms with Gasteiger partial charge in [0.25, 0.3) is 0 Å².